The van der Waals surface area contributed by atoms with Gasteiger partial charge in [-0.2, -0.15) is 0 Å². The van der Waals surface area contributed by atoms with Crippen molar-refractivity contribution in [3.05, 3.63) is 36.5 Å². The van der Waals surface area contributed by atoms with Crippen LogP contribution in [0.25, 0.3) is 10.9 Å². The Hall–Kier alpha value is -2.67. The fourth-order valence-corrected chi connectivity index (χ4v) is 3.70. The predicted octanol–water partition coefficient (Wildman–Crippen LogP) is 2.68. The Morgan fingerprint density at radius 3 is 2.70 bits per heavy atom. The second-order valence-electron chi connectivity index (χ2n) is 7.57. The fraction of sp³-hybridized carbons (Fsp3) is 0.450. The topological polar surface area (TPSA) is 94.6 Å². The first kappa shape index (κ1) is 17.7. The summed E-state index contributed by atoms with van der Waals surface area (Å²) in [5, 5.41) is 16.0. The maximum absolute atomic E-state index is 12.3. The van der Waals surface area contributed by atoms with E-state index < -0.39 is 5.97 Å². The summed E-state index contributed by atoms with van der Waals surface area (Å²) in [4.78, 5) is 29.8. The highest BCUT2D eigenvalue weighted by atomic mass is 16.4. The van der Waals surface area contributed by atoms with Crippen molar-refractivity contribution in [2.24, 2.45) is 5.92 Å². The molecule has 0 spiro atoms. The molecule has 0 radical (unpaired) electrons. The van der Waals surface area contributed by atoms with Crippen LogP contribution in [0, 0.1) is 5.92 Å². The normalized spacial score (nSPS) is 21.7. The van der Waals surface area contributed by atoms with E-state index in [0.29, 0.717) is 11.6 Å². The van der Waals surface area contributed by atoms with Gasteiger partial charge in [0.05, 0.1) is 17.7 Å². The molecule has 2 saturated carbocycles. The molecule has 27 heavy (non-hydrogen) atoms. The number of aromatic nitrogens is 1. The van der Waals surface area contributed by atoms with Gasteiger partial charge in [0.1, 0.15) is 0 Å². The Morgan fingerprint density at radius 1 is 1.19 bits per heavy atom. The van der Waals surface area contributed by atoms with E-state index >= 15 is 0 Å². The van der Waals surface area contributed by atoms with Crippen LogP contribution in [0.5, 0.6) is 0 Å². The number of aliphatic carboxylic acids is 1. The third kappa shape index (κ3) is 4.36. The van der Waals surface area contributed by atoms with Gasteiger partial charge in [0.2, 0.25) is 0 Å². The lowest BCUT2D eigenvalue weighted by molar-refractivity contribution is -0.139. The molecule has 0 atom stereocenters. The third-order valence-corrected chi connectivity index (χ3v) is 5.37. The largest absolute Gasteiger partial charge is 0.480 e. The molecule has 1 heterocycles. The van der Waals surface area contributed by atoms with E-state index in [1.807, 2.05) is 30.3 Å². The van der Waals surface area contributed by atoms with Crippen LogP contribution in [0.4, 0.5) is 10.5 Å². The van der Waals surface area contributed by atoms with E-state index in [0.717, 1.165) is 30.3 Å². The van der Waals surface area contributed by atoms with Gasteiger partial charge in [0.25, 0.3) is 0 Å². The van der Waals surface area contributed by atoms with Crippen molar-refractivity contribution < 1.29 is 14.7 Å². The summed E-state index contributed by atoms with van der Waals surface area (Å²) in [5.74, 6) is -0.133. The lowest BCUT2D eigenvalue weighted by Gasteiger charge is -2.42. The second-order valence-corrected chi connectivity index (χ2v) is 7.57. The Labute approximate surface area is 157 Å². The van der Waals surface area contributed by atoms with Gasteiger partial charge in [-0.1, -0.05) is 18.2 Å². The highest BCUT2D eigenvalue weighted by Gasteiger charge is 2.37. The molecule has 0 bridgehead atoms. The summed E-state index contributed by atoms with van der Waals surface area (Å²) in [6.07, 6.45) is 5.69. The van der Waals surface area contributed by atoms with E-state index in [2.05, 4.69) is 20.5 Å². The van der Waals surface area contributed by atoms with Crippen LogP contribution in [-0.2, 0) is 4.79 Å². The number of nitrogens with one attached hydrogen (secondary N) is 2. The molecule has 2 aromatic rings. The molecule has 0 aliphatic heterocycles. The lowest BCUT2D eigenvalue weighted by atomic mass is 9.85. The van der Waals surface area contributed by atoms with Crippen molar-refractivity contribution in [1.29, 1.82) is 0 Å². The Kier molecular flexibility index (Phi) is 4.94. The number of carbonyl (C=O) groups is 2. The van der Waals surface area contributed by atoms with Crippen LogP contribution < -0.4 is 10.6 Å². The molecule has 2 aliphatic rings. The van der Waals surface area contributed by atoms with Crippen molar-refractivity contribution in [2.45, 2.75) is 37.8 Å². The molecule has 1 aromatic carbocycles. The van der Waals surface area contributed by atoms with Crippen LogP contribution in [0.3, 0.4) is 0 Å². The number of hydrogen-bond donors (Lipinski definition) is 3. The minimum atomic E-state index is -0.784. The molecule has 4 rings (SSSR count). The highest BCUT2D eigenvalue weighted by Crippen LogP contribution is 2.33. The fourth-order valence-electron chi connectivity index (χ4n) is 3.70. The number of carboxylic acid groups (broad SMARTS) is 1. The Bertz CT molecular complexity index is 841. The summed E-state index contributed by atoms with van der Waals surface area (Å²) < 4.78 is 0. The number of fused-ring (bicyclic) bond motifs is 1. The molecule has 7 nitrogen and oxygen atoms in total. The van der Waals surface area contributed by atoms with Crippen molar-refractivity contribution in [1.82, 2.24) is 15.2 Å². The maximum Gasteiger partial charge on any atom is 0.319 e. The van der Waals surface area contributed by atoms with Gasteiger partial charge in [0.15, 0.2) is 0 Å². The molecular weight excluding hydrogens is 344 g/mol. The molecule has 0 saturated heterocycles. The van der Waals surface area contributed by atoms with E-state index in [-0.39, 0.29) is 24.7 Å². The molecule has 1 aromatic heterocycles. The molecule has 2 aliphatic carbocycles. The number of pyridine rings is 1. The lowest BCUT2D eigenvalue weighted by Crippen LogP contribution is -2.55. The van der Waals surface area contributed by atoms with Gasteiger partial charge in [-0.3, -0.25) is 14.7 Å². The first-order valence-corrected chi connectivity index (χ1v) is 9.45. The van der Waals surface area contributed by atoms with E-state index in [1.165, 1.54) is 12.8 Å². The SMILES string of the molecule is O=C(O)CN(CC1CC1)C1CC(NC(=O)Nc2cccc3cccnc23)C1. The van der Waals surface area contributed by atoms with Crippen LogP contribution in [0.2, 0.25) is 0 Å². The van der Waals surface area contributed by atoms with Crippen molar-refractivity contribution in [3.63, 3.8) is 0 Å². The van der Waals surface area contributed by atoms with E-state index in [4.69, 9.17) is 5.11 Å². The minimum Gasteiger partial charge on any atom is -0.480 e. The molecular formula is C20H24N4O3. The van der Waals surface area contributed by atoms with Crippen LogP contribution >= 0.6 is 0 Å². The number of para-hydroxylation sites is 1. The van der Waals surface area contributed by atoms with E-state index in [9.17, 15) is 9.59 Å². The maximum atomic E-state index is 12.3. The first-order valence-electron chi connectivity index (χ1n) is 9.45. The van der Waals surface area contributed by atoms with Gasteiger partial charge < -0.3 is 15.7 Å². The van der Waals surface area contributed by atoms with Gasteiger partial charge in [-0.25, -0.2) is 4.79 Å². The van der Waals surface area contributed by atoms with E-state index in [1.54, 1.807) is 6.20 Å². The van der Waals surface area contributed by atoms with Gasteiger partial charge in [-0.05, 0) is 43.7 Å². The zero-order chi connectivity index (χ0) is 18.8. The zero-order valence-electron chi connectivity index (χ0n) is 15.1. The van der Waals surface area contributed by atoms with Crippen molar-refractivity contribution in [3.8, 4) is 0 Å². The number of carbonyl (C=O) groups excluding carboxylic acids is 1. The number of rotatable bonds is 7. The van der Waals surface area contributed by atoms with Crippen molar-refractivity contribution in [2.75, 3.05) is 18.4 Å². The molecule has 3 N–H and O–H groups in total. The van der Waals surface area contributed by atoms with Crippen LogP contribution in [-0.4, -0.2) is 52.2 Å². The molecule has 0 unspecified atom stereocenters. The van der Waals surface area contributed by atoms with Gasteiger partial charge in [-0.15, -0.1) is 0 Å². The van der Waals surface area contributed by atoms with Gasteiger partial charge >= 0.3 is 12.0 Å². The number of urea groups is 1. The van der Waals surface area contributed by atoms with Crippen LogP contribution in [0.15, 0.2) is 36.5 Å². The first-order chi connectivity index (χ1) is 13.1. The third-order valence-electron chi connectivity index (χ3n) is 5.37. The monoisotopic (exact) mass is 368 g/mol. The van der Waals surface area contributed by atoms with Crippen LogP contribution in [0.1, 0.15) is 25.7 Å². The van der Waals surface area contributed by atoms with Crippen molar-refractivity contribution >= 4 is 28.6 Å². The Balaban J connectivity index is 1.30. The number of nitrogens with zero attached hydrogens (tertiary/aromatic N) is 2. The summed E-state index contributed by atoms with van der Waals surface area (Å²) >= 11 is 0. The average Bonchev–Trinajstić information content (AvgIpc) is 3.41. The summed E-state index contributed by atoms with van der Waals surface area (Å²) in [7, 11) is 0. The minimum absolute atomic E-state index is 0.0773. The summed E-state index contributed by atoms with van der Waals surface area (Å²) in [6, 6.07) is 9.58. The number of amides is 2. The second kappa shape index (κ2) is 7.52. The summed E-state index contributed by atoms with van der Waals surface area (Å²) in [6.45, 7) is 0.944. The van der Waals surface area contributed by atoms with Gasteiger partial charge in [0, 0.05) is 30.2 Å². The molecule has 142 valence electrons. The average molecular weight is 368 g/mol. The smallest absolute Gasteiger partial charge is 0.319 e. The number of benzene rings is 1. The number of hydrogen-bond acceptors (Lipinski definition) is 4. The number of anilines is 1. The molecule has 2 fully saturated rings. The predicted molar refractivity (Wildman–Crippen MR) is 103 cm³/mol. The highest BCUT2D eigenvalue weighted by molar-refractivity contribution is 5.99. The zero-order valence-corrected chi connectivity index (χ0v) is 15.1. The standard InChI is InChI=1S/C20H24N4O3/c25-18(26)12-24(11-13-6-7-13)16-9-15(10-16)22-20(27)23-17-5-1-3-14-4-2-8-21-19(14)17/h1-5,8,13,15-16H,6-7,9-12H2,(H,25,26)(H2,22,23,27). The summed E-state index contributed by atoms with van der Waals surface area (Å²) in [5.41, 5.74) is 1.45. The number of carboxylic acids is 1. The molecule has 2 amide bonds. The molecule has 7 heteroatoms. The Morgan fingerprint density at radius 2 is 1.96 bits per heavy atom. The quantitative estimate of drug-likeness (QED) is 0.698.